The van der Waals surface area contributed by atoms with Gasteiger partial charge in [0.1, 0.15) is 11.8 Å². The van der Waals surface area contributed by atoms with Gasteiger partial charge in [-0.3, -0.25) is 19.4 Å². The SMILES string of the molecule is NC(N)=NCCC[C@H](NC(=O)[C@@H]1CCCN1C(=O)[C@H](N)Cc1ccc(O)c([125I])c1)C(=O)CCl. The minimum absolute atomic E-state index is 0.0438. The molecule has 1 aliphatic rings. The van der Waals surface area contributed by atoms with Crippen LogP contribution in [0.2, 0.25) is 0 Å². The molecule has 0 saturated carbocycles. The lowest BCUT2D eigenvalue weighted by Crippen LogP contribution is -2.54. The second-order valence-electron chi connectivity index (χ2n) is 7.90. The topological polar surface area (TPSA) is 177 Å². The van der Waals surface area contributed by atoms with Crippen molar-refractivity contribution in [2.45, 2.75) is 50.2 Å². The predicted octanol–water partition coefficient (Wildman–Crippen LogP) is 0.204. The summed E-state index contributed by atoms with van der Waals surface area (Å²) in [7, 11) is 0. The van der Waals surface area contributed by atoms with Crippen LogP contribution in [-0.2, 0) is 20.8 Å². The van der Waals surface area contributed by atoms with Gasteiger partial charge in [0.05, 0.1) is 21.5 Å². The normalized spacial score (nSPS) is 17.3. The van der Waals surface area contributed by atoms with E-state index in [0.717, 1.165) is 5.56 Å². The number of amides is 2. The number of nitrogens with two attached hydrogens (primary N) is 3. The van der Waals surface area contributed by atoms with E-state index < -0.39 is 24.0 Å². The molecule has 0 bridgehead atoms. The van der Waals surface area contributed by atoms with Crippen LogP contribution in [0.25, 0.3) is 0 Å². The molecule has 182 valence electrons. The fourth-order valence-electron chi connectivity index (χ4n) is 3.71. The second kappa shape index (κ2) is 12.9. The largest absolute Gasteiger partial charge is 0.507 e. The van der Waals surface area contributed by atoms with Gasteiger partial charge in [-0.25, -0.2) is 0 Å². The lowest BCUT2D eigenvalue weighted by molar-refractivity contribution is -0.140. The molecule has 1 aliphatic heterocycles. The molecule has 2 amide bonds. The first-order valence-electron chi connectivity index (χ1n) is 10.6. The number of phenolic OH excluding ortho intramolecular Hbond substituents is 1. The number of nitrogens with zero attached hydrogens (tertiary/aromatic N) is 2. The van der Waals surface area contributed by atoms with Crippen LogP contribution >= 0.6 is 34.2 Å². The molecule has 12 heteroatoms. The third kappa shape index (κ3) is 8.00. The first kappa shape index (κ1) is 27.1. The maximum absolute atomic E-state index is 13.0. The summed E-state index contributed by atoms with van der Waals surface area (Å²) in [6, 6.07) is 2.72. The molecule has 8 N–H and O–H groups in total. The summed E-state index contributed by atoms with van der Waals surface area (Å²) in [6.45, 7) is 0.736. The number of ketones is 1. The number of likely N-dealkylation sites (tertiary alicyclic amines) is 1. The van der Waals surface area contributed by atoms with Gasteiger partial charge >= 0.3 is 0 Å². The number of hydrogen-bond donors (Lipinski definition) is 5. The average Bonchev–Trinajstić information content (AvgIpc) is 3.27. The van der Waals surface area contributed by atoms with E-state index in [4.69, 9.17) is 28.8 Å². The molecule has 2 rings (SSSR count). The molecule has 10 nitrogen and oxygen atoms in total. The van der Waals surface area contributed by atoms with E-state index in [-0.39, 0.29) is 35.7 Å². The van der Waals surface area contributed by atoms with Crippen molar-refractivity contribution in [3.63, 3.8) is 0 Å². The Balaban J connectivity index is 2.01. The lowest BCUT2D eigenvalue weighted by Gasteiger charge is -2.28. The van der Waals surface area contributed by atoms with Gasteiger partial charge in [-0.1, -0.05) is 6.07 Å². The number of aromatic hydroxyl groups is 1. The minimum Gasteiger partial charge on any atom is -0.507 e. The van der Waals surface area contributed by atoms with Crippen LogP contribution in [0, 0.1) is 3.57 Å². The van der Waals surface area contributed by atoms with Crippen LogP contribution in [0.3, 0.4) is 0 Å². The van der Waals surface area contributed by atoms with Crippen LogP contribution < -0.4 is 22.5 Å². The highest BCUT2D eigenvalue weighted by atomic mass is 125. The van der Waals surface area contributed by atoms with Crippen LogP contribution in [-0.4, -0.2) is 70.7 Å². The molecule has 1 heterocycles. The van der Waals surface area contributed by atoms with Crippen LogP contribution in [0.5, 0.6) is 5.75 Å². The number of alkyl halides is 1. The number of Topliss-reactive ketones (excluding diaryl/α,β-unsaturated/α-hetero) is 1. The Kier molecular flexibility index (Phi) is 10.6. The van der Waals surface area contributed by atoms with Crippen molar-refractivity contribution in [2.75, 3.05) is 19.0 Å². The number of aliphatic imine (C=N–C) groups is 1. The minimum atomic E-state index is -0.835. The monoisotopic (exact) mass is 590 g/mol. The number of halogens is 2. The van der Waals surface area contributed by atoms with Gasteiger partial charge < -0.3 is 32.5 Å². The Morgan fingerprint density at radius 3 is 2.70 bits per heavy atom. The Hall–Kier alpha value is -2.12. The number of guanidine groups is 1. The van der Waals surface area contributed by atoms with Crippen molar-refractivity contribution in [3.8, 4) is 5.75 Å². The third-order valence-electron chi connectivity index (χ3n) is 5.41. The van der Waals surface area contributed by atoms with Gasteiger partial charge in [-0.15, -0.1) is 11.6 Å². The van der Waals surface area contributed by atoms with E-state index in [0.29, 0.717) is 42.3 Å². The number of carbonyl (C=O) groups is 3. The molecule has 3 atom stereocenters. The number of rotatable bonds is 11. The smallest absolute Gasteiger partial charge is 0.243 e. The third-order valence-corrected chi connectivity index (χ3v) is 6.53. The number of benzene rings is 1. The molecule has 0 radical (unpaired) electrons. The Morgan fingerprint density at radius 1 is 1.33 bits per heavy atom. The molecular formula is C21H30ClIN6O4. The molecular weight excluding hydrogens is 561 g/mol. The van der Waals surface area contributed by atoms with E-state index >= 15 is 0 Å². The highest BCUT2D eigenvalue weighted by Crippen LogP contribution is 2.23. The predicted molar refractivity (Wildman–Crippen MR) is 135 cm³/mol. The Morgan fingerprint density at radius 2 is 2.06 bits per heavy atom. The summed E-state index contributed by atoms with van der Waals surface area (Å²) in [5.41, 5.74) is 17.6. The Bertz CT molecular complexity index is 896. The van der Waals surface area contributed by atoms with Crippen molar-refractivity contribution in [3.05, 3.63) is 27.3 Å². The van der Waals surface area contributed by atoms with Gasteiger partial charge in [0.25, 0.3) is 0 Å². The van der Waals surface area contributed by atoms with Crippen LogP contribution in [0.4, 0.5) is 0 Å². The molecule has 1 aromatic carbocycles. The zero-order valence-corrected chi connectivity index (χ0v) is 21.1. The van der Waals surface area contributed by atoms with Crippen LogP contribution in [0.1, 0.15) is 31.2 Å². The van der Waals surface area contributed by atoms with E-state index in [1.54, 1.807) is 18.2 Å². The van der Waals surface area contributed by atoms with Crippen LogP contribution in [0.15, 0.2) is 23.2 Å². The lowest BCUT2D eigenvalue weighted by atomic mass is 10.0. The summed E-state index contributed by atoms with van der Waals surface area (Å²) in [5.74, 6) is -1.17. The quantitative estimate of drug-likeness (QED) is 0.0804. The highest BCUT2D eigenvalue weighted by Gasteiger charge is 2.37. The van der Waals surface area contributed by atoms with Crippen molar-refractivity contribution in [2.24, 2.45) is 22.2 Å². The van der Waals surface area contributed by atoms with Crippen molar-refractivity contribution in [1.82, 2.24) is 10.2 Å². The zero-order valence-electron chi connectivity index (χ0n) is 18.2. The molecule has 1 saturated heterocycles. The standard InChI is InChI=1S/C21H30ClIN6O4/c22-11-18(31)15(3-1-7-27-21(25)26)28-19(32)16-4-2-8-29(16)20(33)14(24)10-12-5-6-17(30)13(23)9-12/h5-6,9,14-16,30H,1-4,7-8,10-11,24H2,(H,28,32)(H4,25,26,27)/t14-,15+,16+/m1/s1/i23-2. The summed E-state index contributed by atoms with van der Waals surface area (Å²) in [6.07, 6.45) is 2.23. The maximum atomic E-state index is 13.0. The molecule has 1 aromatic rings. The zero-order chi connectivity index (χ0) is 24.5. The fraction of sp³-hybridized carbons (Fsp3) is 0.524. The second-order valence-corrected chi connectivity index (χ2v) is 9.33. The first-order valence-corrected chi connectivity index (χ1v) is 12.2. The summed E-state index contributed by atoms with van der Waals surface area (Å²) < 4.78 is 0.665. The number of nitrogens with one attached hydrogen (secondary N) is 1. The summed E-state index contributed by atoms with van der Waals surface area (Å²) in [4.78, 5) is 43.5. The van der Waals surface area contributed by atoms with Crippen molar-refractivity contribution < 1.29 is 19.5 Å². The van der Waals surface area contributed by atoms with E-state index in [2.05, 4.69) is 10.3 Å². The molecule has 33 heavy (non-hydrogen) atoms. The number of carbonyl (C=O) groups excluding carboxylic acids is 3. The molecule has 0 aromatic heterocycles. The Labute approximate surface area is 211 Å². The molecule has 0 aliphatic carbocycles. The van der Waals surface area contributed by atoms with E-state index in [9.17, 15) is 19.5 Å². The number of phenols is 1. The van der Waals surface area contributed by atoms with Crippen molar-refractivity contribution >= 4 is 57.7 Å². The average molecular weight is 591 g/mol. The molecule has 1 fully saturated rings. The van der Waals surface area contributed by atoms with E-state index in [1.807, 2.05) is 22.6 Å². The summed E-state index contributed by atoms with van der Waals surface area (Å²) in [5, 5.41) is 12.4. The molecule has 0 unspecified atom stereocenters. The maximum Gasteiger partial charge on any atom is 0.243 e. The fourth-order valence-corrected chi connectivity index (χ4v) is 4.48. The number of hydrogen-bond acceptors (Lipinski definition) is 6. The van der Waals surface area contributed by atoms with Gasteiger partial charge in [0, 0.05) is 13.1 Å². The molecule has 0 spiro atoms. The summed E-state index contributed by atoms with van der Waals surface area (Å²) >= 11 is 7.71. The van der Waals surface area contributed by atoms with Gasteiger partial charge in [-0.05, 0) is 72.4 Å². The first-order chi connectivity index (χ1) is 15.6. The van der Waals surface area contributed by atoms with E-state index in [1.165, 1.54) is 4.90 Å². The van der Waals surface area contributed by atoms with Crippen molar-refractivity contribution in [1.29, 1.82) is 0 Å². The van der Waals surface area contributed by atoms with Gasteiger partial charge in [0.15, 0.2) is 11.7 Å². The van der Waals surface area contributed by atoms with Gasteiger partial charge in [-0.2, -0.15) is 0 Å². The highest BCUT2D eigenvalue weighted by molar-refractivity contribution is 14.1. The van der Waals surface area contributed by atoms with Gasteiger partial charge in [0.2, 0.25) is 11.8 Å².